The number of aliphatic hydroxyl groups is 1. The Hall–Kier alpha value is -1.01. The van der Waals surface area contributed by atoms with Crippen molar-refractivity contribution in [1.82, 2.24) is 5.01 Å². The summed E-state index contributed by atoms with van der Waals surface area (Å²) in [7, 11) is 0. The van der Waals surface area contributed by atoms with Gasteiger partial charge in [-0.3, -0.25) is 5.01 Å². The maximum atomic E-state index is 9.70. The van der Waals surface area contributed by atoms with Crippen LogP contribution in [0.3, 0.4) is 0 Å². The van der Waals surface area contributed by atoms with Crippen LogP contribution >= 0.6 is 23.2 Å². The van der Waals surface area contributed by atoms with E-state index in [2.05, 4.69) is 4.99 Å². The van der Waals surface area contributed by atoms with Crippen LogP contribution in [0.5, 0.6) is 5.75 Å². The first-order valence-electron chi connectivity index (χ1n) is 3.98. The number of nitrogens with two attached hydrogens (primary N) is 1. The minimum atomic E-state index is -1.15. The predicted molar refractivity (Wildman–Crippen MR) is 57.3 cm³/mol. The Kier molecular flexibility index (Phi) is 2.47. The summed E-state index contributed by atoms with van der Waals surface area (Å²) >= 11 is 11.6. The number of hydrazine groups is 1. The number of hydrogen-bond donors (Lipinski definition) is 3. The molecule has 0 amide bonds. The summed E-state index contributed by atoms with van der Waals surface area (Å²) in [6, 6.07) is 1.33. The van der Waals surface area contributed by atoms with Gasteiger partial charge >= 0.3 is 0 Å². The molecule has 1 aliphatic rings. The van der Waals surface area contributed by atoms with Gasteiger partial charge in [-0.2, -0.15) is 0 Å². The Morgan fingerprint density at radius 2 is 2.07 bits per heavy atom. The van der Waals surface area contributed by atoms with E-state index in [1.165, 1.54) is 12.4 Å². The van der Waals surface area contributed by atoms with Gasteiger partial charge in [0.2, 0.25) is 0 Å². The Balaban J connectivity index is 2.72. The number of benzene rings is 1. The monoisotopic (exact) mass is 247 g/mol. The maximum absolute atomic E-state index is 9.70. The van der Waals surface area contributed by atoms with E-state index in [4.69, 9.17) is 29.0 Å². The third-order valence-corrected chi connectivity index (χ3v) is 2.68. The number of hydrogen-bond acceptors (Lipinski definition) is 5. The van der Waals surface area contributed by atoms with Crippen molar-refractivity contribution in [3.05, 3.63) is 21.7 Å². The van der Waals surface area contributed by atoms with Crippen molar-refractivity contribution in [3.8, 4) is 5.75 Å². The molecule has 1 aromatic carbocycles. The van der Waals surface area contributed by atoms with E-state index >= 15 is 0 Å². The van der Waals surface area contributed by atoms with Gasteiger partial charge < -0.3 is 10.2 Å². The second kappa shape index (κ2) is 3.53. The number of nitrogens with zero attached hydrogens (tertiary/aromatic N) is 2. The molecule has 0 bridgehead atoms. The number of fused-ring (bicyclic) bond motifs is 1. The number of aliphatic hydroxyl groups excluding tert-OH is 1. The first-order valence-corrected chi connectivity index (χ1v) is 4.74. The molecule has 1 atom stereocenters. The summed E-state index contributed by atoms with van der Waals surface area (Å²) in [5.74, 6) is 5.19. The number of rotatable bonds is 0. The molecule has 1 heterocycles. The van der Waals surface area contributed by atoms with Gasteiger partial charge in [0.1, 0.15) is 12.0 Å². The minimum Gasteiger partial charge on any atom is -0.504 e. The number of aromatic hydroxyl groups is 1. The highest BCUT2D eigenvalue weighted by molar-refractivity contribution is 6.36. The lowest BCUT2D eigenvalue weighted by molar-refractivity contribution is 0.0542. The van der Waals surface area contributed by atoms with E-state index in [1.54, 1.807) is 0 Å². The van der Waals surface area contributed by atoms with Crippen molar-refractivity contribution in [2.75, 3.05) is 0 Å². The van der Waals surface area contributed by atoms with Gasteiger partial charge in [-0.1, -0.05) is 23.2 Å². The highest BCUT2D eigenvalue weighted by Gasteiger charge is 2.27. The smallest absolute Gasteiger partial charge is 0.171 e. The first-order chi connectivity index (χ1) is 7.02. The molecule has 1 unspecified atom stereocenters. The molecule has 0 saturated heterocycles. The molecule has 0 fully saturated rings. The summed E-state index contributed by atoms with van der Waals surface area (Å²) in [5, 5.41) is 20.5. The third kappa shape index (κ3) is 1.53. The Morgan fingerprint density at radius 1 is 1.40 bits per heavy atom. The summed E-state index contributed by atoms with van der Waals surface area (Å²) < 4.78 is 0. The summed E-state index contributed by atoms with van der Waals surface area (Å²) in [5.41, 5.74) is 0.380. The van der Waals surface area contributed by atoms with E-state index in [0.717, 1.165) is 5.01 Å². The number of aliphatic imine (C=N–C) groups is 1. The van der Waals surface area contributed by atoms with Crippen LogP contribution < -0.4 is 5.84 Å². The fraction of sp³-hybridized carbons (Fsp3) is 0.125. The van der Waals surface area contributed by atoms with Gasteiger partial charge in [0, 0.05) is 0 Å². The largest absolute Gasteiger partial charge is 0.504 e. The third-order valence-electron chi connectivity index (χ3n) is 2.08. The van der Waals surface area contributed by atoms with E-state index in [-0.39, 0.29) is 27.0 Å². The van der Waals surface area contributed by atoms with Gasteiger partial charge in [0.15, 0.2) is 12.0 Å². The average Bonchev–Trinajstić information content (AvgIpc) is 2.18. The van der Waals surface area contributed by atoms with Gasteiger partial charge in [0.05, 0.1) is 15.6 Å². The second-order valence-corrected chi connectivity index (χ2v) is 3.83. The number of halogens is 2. The van der Waals surface area contributed by atoms with Crippen molar-refractivity contribution < 1.29 is 10.2 Å². The highest BCUT2D eigenvalue weighted by atomic mass is 35.5. The van der Waals surface area contributed by atoms with E-state index in [0.29, 0.717) is 0 Å². The van der Waals surface area contributed by atoms with Crippen molar-refractivity contribution >= 4 is 35.2 Å². The molecule has 1 aromatic rings. The van der Waals surface area contributed by atoms with Crippen LogP contribution in [0.4, 0.5) is 5.69 Å². The maximum Gasteiger partial charge on any atom is 0.171 e. The Labute approximate surface area is 95.3 Å². The topological polar surface area (TPSA) is 82.1 Å². The van der Waals surface area contributed by atoms with Gasteiger partial charge in [0.25, 0.3) is 0 Å². The van der Waals surface area contributed by atoms with Gasteiger partial charge in [-0.25, -0.2) is 10.8 Å². The standard InChI is InChI=1S/C8H7Cl2N3O2/c9-3-1-4(10)7(14)6-5(3)8(15)13(11)2-12-6/h1-2,8,14-15H,11H2. The molecule has 0 aromatic heterocycles. The van der Waals surface area contributed by atoms with Crippen LogP contribution in [0.25, 0.3) is 0 Å². The van der Waals surface area contributed by atoms with Crippen LogP contribution in [-0.2, 0) is 0 Å². The molecule has 1 aliphatic heterocycles. The summed E-state index contributed by atoms with van der Waals surface area (Å²) in [6.07, 6.45) is 0.0347. The molecule has 15 heavy (non-hydrogen) atoms. The molecule has 2 rings (SSSR count). The molecule has 80 valence electrons. The van der Waals surface area contributed by atoms with Crippen molar-refractivity contribution in [1.29, 1.82) is 0 Å². The number of phenolic OH excluding ortho intramolecular Hbond substituents is 1. The fourth-order valence-electron chi connectivity index (χ4n) is 1.32. The molecular weight excluding hydrogens is 241 g/mol. The van der Waals surface area contributed by atoms with Crippen molar-refractivity contribution in [3.63, 3.8) is 0 Å². The molecule has 0 radical (unpaired) electrons. The van der Waals surface area contributed by atoms with Crippen LogP contribution in [0.2, 0.25) is 10.0 Å². The van der Waals surface area contributed by atoms with Crippen LogP contribution in [0.1, 0.15) is 11.8 Å². The van der Waals surface area contributed by atoms with Crippen LogP contribution in [0, 0.1) is 0 Å². The van der Waals surface area contributed by atoms with Gasteiger partial charge in [-0.05, 0) is 6.07 Å². The minimum absolute atomic E-state index is 0.0774. The molecule has 0 saturated carbocycles. The fourth-order valence-corrected chi connectivity index (χ4v) is 1.87. The summed E-state index contributed by atoms with van der Waals surface area (Å²) in [4.78, 5) is 3.84. The molecule has 7 heteroatoms. The predicted octanol–water partition coefficient (Wildman–Crippen LogP) is 1.54. The molecule has 5 nitrogen and oxygen atoms in total. The normalized spacial score (nSPS) is 19.2. The lowest BCUT2D eigenvalue weighted by Crippen LogP contribution is -2.35. The second-order valence-electron chi connectivity index (χ2n) is 3.02. The molecular formula is C8H7Cl2N3O2. The number of phenols is 1. The lowest BCUT2D eigenvalue weighted by atomic mass is 10.1. The summed E-state index contributed by atoms with van der Waals surface area (Å²) in [6.45, 7) is 0. The zero-order valence-electron chi connectivity index (χ0n) is 7.35. The van der Waals surface area contributed by atoms with Gasteiger partial charge in [-0.15, -0.1) is 0 Å². The Bertz CT molecular complexity index is 450. The van der Waals surface area contributed by atoms with Crippen LogP contribution in [0.15, 0.2) is 11.1 Å². The van der Waals surface area contributed by atoms with Crippen molar-refractivity contribution in [2.45, 2.75) is 6.23 Å². The average molecular weight is 248 g/mol. The van der Waals surface area contributed by atoms with E-state index in [9.17, 15) is 10.2 Å². The zero-order valence-corrected chi connectivity index (χ0v) is 8.87. The highest BCUT2D eigenvalue weighted by Crippen LogP contribution is 2.45. The molecule has 4 N–H and O–H groups in total. The van der Waals surface area contributed by atoms with E-state index < -0.39 is 6.23 Å². The van der Waals surface area contributed by atoms with Crippen LogP contribution in [-0.4, -0.2) is 21.6 Å². The SMILES string of the molecule is NN1C=Nc2c(O)c(Cl)cc(Cl)c2C1O. The van der Waals surface area contributed by atoms with Crippen molar-refractivity contribution in [2.24, 2.45) is 10.8 Å². The van der Waals surface area contributed by atoms with E-state index in [1.807, 2.05) is 0 Å². The first kappa shape index (κ1) is 10.5. The zero-order chi connectivity index (χ0) is 11.2. The Morgan fingerprint density at radius 3 is 2.73 bits per heavy atom. The molecule has 0 spiro atoms. The quantitative estimate of drug-likeness (QED) is 0.608. The molecule has 0 aliphatic carbocycles. The lowest BCUT2D eigenvalue weighted by Gasteiger charge is -2.26.